The van der Waals surface area contributed by atoms with E-state index in [9.17, 15) is 9.59 Å². The molecule has 0 unspecified atom stereocenters. The number of nitrogens with one attached hydrogen (secondary N) is 1. The highest BCUT2D eigenvalue weighted by Gasteiger charge is 2.29. The zero-order valence-corrected chi connectivity index (χ0v) is 12.6. The Hall–Kier alpha value is -2.64. The number of primary amides is 1. The minimum Gasteiger partial charge on any atom is -0.492 e. The number of carbonyl (C=O) groups is 2. The van der Waals surface area contributed by atoms with Crippen LogP contribution in [0.5, 0.6) is 17.2 Å². The summed E-state index contributed by atoms with van der Waals surface area (Å²) < 4.78 is 16.0. The number of ether oxygens (including phenoxy) is 3. The number of carbonyl (C=O) groups excluding carboxylic acids is 2. The fourth-order valence-electron chi connectivity index (χ4n) is 2.58. The molecule has 3 rings (SSSR count). The van der Waals surface area contributed by atoms with Gasteiger partial charge in [0.25, 0.3) is 0 Å². The summed E-state index contributed by atoms with van der Waals surface area (Å²) in [6, 6.07) is 5.11. The summed E-state index contributed by atoms with van der Waals surface area (Å²) in [4.78, 5) is 24.6. The first-order valence-corrected chi connectivity index (χ1v) is 7.48. The van der Waals surface area contributed by atoms with Crippen molar-refractivity contribution in [1.82, 2.24) is 10.2 Å². The summed E-state index contributed by atoms with van der Waals surface area (Å²) in [5, 5.41) is 2.76. The van der Waals surface area contributed by atoms with E-state index >= 15 is 0 Å². The quantitative estimate of drug-likeness (QED) is 0.760. The highest BCUT2D eigenvalue weighted by atomic mass is 16.7. The van der Waals surface area contributed by atoms with Gasteiger partial charge in [-0.05, 0) is 18.6 Å². The Balaban J connectivity index is 1.38. The minimum absolute atomic E-state index is 0.206. The van der Waals surface area contributed by atoms with E-state index in [0.717, 1.165) is 0 Å². The summed E-state index contributed by atoms with van der Waals surface area (Å²) in [6.07, 6.45) is 0.621. The summed E-state index contributed by atoms with van der Waals surface area (Å²) in [5.41, 5.74) is 5.25. The van der Waals surface area contributed by atoms with Crippen molar-refractivity contribution >= 4 is 11.9 Å². The molecule has 8 heteroatoms. The molecule has 3 N–H and O–H groups in total. The first-order chi connectivity index (χ1) is 11.1. The maximum atomic E-state index is 11.9. The van der Waals surface area contributed by atoms with E-state index in [0.29, 0.717) is 49.9 Å². The largest absolute Gasteiger partial charge is 0.492 e. The predicted octanol–water partition coefficient (Wildman–Crippen LogP) is 0.311. The molecule has 1 fully saturated rings. The first-order valence-electron chi connectivity index (χ1n) is 7.48. The van der Waals surface area contributed by atoms with Gasteiger partial charge in [0, 0.05) is 19.2 Å². The van der Waals surface area contributed by atoms with E-state index in [2.05, 4.69) is 5.32 Å². The van der Waals surface area contributed by atoms with E-state index in [-0.39, 0.29) is 24.6 Å². The Bertz CT molecular complexity index is 607. The highest BCUT2D eigenvalue weighted by Crippen LogP contribution is 2.34. The SMILES string of the molecule is NC(=O)[C@@H]1CCN(C(=O)NCCOc2ccc3c(c2)OCO3)C1. The average molecular weight is 321 g/mol. The molecular formula is C15H19N3O5. The van der Waals surface area contributed by atoms with Crippen molar-refractivity contribution in [2.45, 2.75) is 6.42 Å². The van der Waals surface area contributed by atoms with Crippen molar-refractivity contribution in [1.29, 1.82) is 0 Å². The van der Waals surface area contributed by atoms with Gasteiger partial charge in [0.05, 0.1) is 12.5 Å². The van der Waals surface area contributed by atoms with Crippen LogP contribution in [0.4, 0.5) is 4.79 Å². The second-order valence-corrected chi connectivity index (χ2v) is 5.43. The van der Waals surface area contributed by atoms with Gasteiger partial charge in [-0.15, -0.1) is 0 Å². The minimum atomic E-state index is -0.355. The lowest BCUT2D eigenvalue weighted by atomic mass is 10.1. The zero-order chi connectivity index (χ0) is 16.2. The van der Waals surface area contributed by atoms with Gasteiger partial charge < -0.3 is 30.2 Å². The van der Waals surface area contributed by atoms with Crippen LogP contribution in [0.1, 0.15) is 6.42 Å². The molecular weight excluding hydrogens is 302 g/mol. The molecule has 0 saturated carbocycles. The van der Waals surface area contributed by atoms with Crippen LogP contribution in [0.25, 0.3) is 0 Å². The van der Waals surface area contributed by atoms with Gasteiger partial charge in [-0.3, -0.25) is 4.79 Å². The Kier molecular flexibility index (Phi) is 4.40. The van der Waals surface area contributed by atoms with Crippen molar-refractivity contribution in [2.24, 2.45) is 11.7 Å². The first kappa shape index (κ1) is 15.3. The van der Waals surface area contributed by atoms with Crippen LogP contribution < -0.4 is 25.3 Å². The lowest BCUT2D eigenvalue weighted by Crippen LogP contribution is -2.41. The molecule has 0 spiro atoms. The van der Waals surface area contributed by atoms with Crippen molar-refractivity contribution in [3.05, 3.63) is 18.2 Å². The molecule has 1 aromatic carbocycles. The maximum absolute atomic E-state index is 11.9. The van der Waals surface area contributed by atoms with Crippen LogP contribution in [0.3, 0.4) is 0 Å². The van der Waals surface area contributed by atoms with E-state index < -0.39 is 0 Å². The Morgan fingerprint density at radius 2 is 2.17 bits per heavy atom. The molecule has 0 radical (unpaired) electrons. The van der Waals surface area contributed by atoms with Crippen molar-refractivity contribution in [2.75, 3.05) is 33.0 Å². The third-order valence-electron chi connectivity index (χ3n) is 3.87. The highest BCUT2D eigenvalue weighted by molar-refractivity contribution is 5.80. The normalized spacial score (nSPS) is 18.8. The van der Waals surface area contributed by atoms with Crippen molar-refractivity contribution in [3.63, 3.8) is 0 Å². The second-order valence-electron chi connectivity index (χ2n) is 5.43. The van der Waals surface area contributed by atoms with Gasteiger partial charge in [0.2, 0.25) is 12.7 Å². The molecule has 0 bridgehead atoms. The molecule has 1 aromatic rings. The van der Waals surface area contributed by atoms with Crippen LogP contribution >= 0.6 is 0 Å². The van der Waals surface area contributed by atoms with Gasteiger partial charge >= 0.3 is 6.03 Å². The number of amides is 3. The molecule has 1 saturated heterocycles. The number of hydrogen-bond acceptors (Lipinski definition) is 5. The lowest BCUT2D eigenvalue weighted by Gasteiger charge is -2.17. The fraction of sp³-hybridized carbons (Fsp3) is 0.467. The summed E-state index contributed by atoms with van der Waals surface area (Å²) in [7, 11) is 0. The van der Waals surface area contributed by atoms with E-state index in [4.69, 9.17) is 19.9 Å². The van der Waals surface area contributed by atoms with Crippen molar-refractivity contribution in [3.8, 4) is 17.2 Å². The van der Waals surface area contributed by atoms with E-state index in [1.807, 2.05) is 0 Å². The molecule has 3 amide bonds. The smallest absolute Gasteiger partial charge is 0.317 e. The molecule has 0 aliphatic carbocycles. The molecule has 23 heavy (non-hydrogen) atoms. The molecule has 124 valence electrons. The number of benzene rings is 1. The standard InChI is InChI=1S/C15H19N3O5/c16-14(19)10-3-5-18(8-10)15(20)17-4-6-21-11-1-2-12-13(7-11)23-9-22-12/h1-2,7,10H,3-6,8-9H2,(H2,16,19)(H,17,20)/t10-/m1/s1. The van der Waals surface area contributed by atoms with E-state index in [1.54, 1.807) is 23.1 Å². The van der Waals surface area contributed by atoms with E-state index in [1.165, 1.54) is 0 Å². The number of nitrogens with two attached hydrogens (primary N) is 1. The van der Waals surface area contributed by atoms with Gasteiger partial charge in [0.15, 0.2) is 11.5 Å². The third kappa shape index (κ3) is 3.58. The molecule has 0 aromatic heterocycles. The molecule has 8 nitrogen and oxygen atoms in total. The average Bonchev–Trinajstić information content (AvgIpc) is 3.19. The molecule has 1 atom stereocenters. The number of fused-ring (bicyclic) bond motifs is 1. The number of nitrogens with zero attached hydrogens (tertiary/aromatic N) is 1. The Morgan fingerprint density at radius 3 is 2.96 bits per heavy atom. The van der Waals surface area contributed by atoms with Gasteiger partial charge in [-0.1, -0.05) is 0 Å². The maximum Gasteiger partial charge on any atom is 0.317 e. The summed E-state index contributed by atoms with van der Waals surface area (Å²) in [6.45, 7) is 1.84. The number of hydrogen-bond donors (Lipinski definition) is 2. The second kappa shape index (κ2) is 6.64. The van der Waals surface area contributed by atoms with Crippen LogP contribution in [0.2, 0.25) is 0 Å². The van der Waals surface area contributed by atoms with Crippen LogP contribution in [-0.2, 0) is 4.79 Å². The lowest BCUT2D eigenvalue weighted by molar-refractivity contribution is -0.121. The molecule has 2 aliphatic heterocycles. The van der Waals surface area contributed by atoms with Gasteiger partial charge in [-0.25, -0.2) is 4.79 Å². The third-order valence-corrected chi connectivity index (χ3v) is 3.87. The fourth-order valence-corrected chi connectivity index (χ4v) is 2.58. The van der Waals surface area contributed by atoms with Gasteiger partial charge in [0.1, 0.15) is 12.4 Å². The van der Waals surface area contributed by atoms with Crippen LogP contribution in [0, 0.1) is 5.92 Å². The number of likely N-dealkylation sites (tertiary alicyclic amines) is 1. The summed E-state index contributed by atoms with van der Waals surface area (Å²) >= 11 is 0. The Labute approximate surface area is 133 Å². The van der Waals surface area contributed by atoms with Gasteiger partial charge in [-0.2, -0.15) is 0 Å². The number of rotatable bonds is 5. The van der Waals surface area contributed by atoms with Crippen LogP contribution in [0.15, 0.2) is 18.2 Å². The Morgan fingerprint density at radius 1 is 1.35 bits per heavy atom. The topological polar surface area (TPSA) is 103 Å². The molecule has 2 heterocycles. The van der Waals surface area contributed by atoms with Crippen LogP contribution in [-0.4, -0.2) is 49.9 Å². The van der Waals surface area contributed by atoms with Crippen molar-refractivity contribution < 1.29 is 23.8 Å². The zero-order valence-electron chi connectivity index (χ0n) is 12.6. The summed E-state index contributed by atoms with van der Waals surface area (Å²) in [5.74, 6) is 1.40. The molecule has 2 aliphatic rings. The predicted molar refractivity (Wildman–Crippen MR) is 80.3 cm³/mol. The number of urea groups is 1. The monoisotopic (exact) mass is 321 g/mol.